The minimum Gasteiger partial charge on any atom is -0.496 e. The van der Waals surface area contributed by atoms with E-state index in [2.05, 4.69) is 12.2 Å². The fourth-order valence-electron chi connectivity index (χ4n) is 2.52. The molecule has 1 aliphatic rings. The molecule has 18 heavy (non-hydrogen) atoms. The maximum Gasteiger partial charge on any atom is 0.130 e. The summed E-state index contributed by atoms with van der Waals surface area (Å²) in [4.78, 5) is 0. The van der Waals surface area contributed by atoms with Crippen molar-refractivity contribution in [1.82, 2.24) is 5.32 Å². The second-order valence-electron chi connectivity index (χ2n) is 4.52. The lowest BCUT2D eigenvalue weighted by Gasteiger charge is -2.32. The molecule has 1 N–H and O–H groups in total. The molecular weight excluding hydrogens is 230 g/mol. The number of benzene rings is 1. The summed E-state index contributed by atoms with van der Waals surface area (Å²) in [6, 6.07) is 4.20. The van der Waals surface area contributed by atoms with Crippen molar-refractivity contribution >= 4 is 0 Å². The second kappa shape index (κ2) is 5.59. The van der Waals surface area contributed by atoms with E-state index in [1.54, 1.807) is 14.2 Å². The van der Waals surface area contributed by atoms with Crippen LogP contribution >= 0.6 is 0 Å². The molecule has 4 heteroatoms. The lowest BCUT2D eigenvalue weighted by Crippen LogP contribution is -2.40. The van der Waals surface area contributed by atoms with Gasteiger partial charge in [-0.25, -0.2) is 0 Å². The Morgan fingerprint density at radius 1 is 1.28 bits per heavy atom. The highest BCUT2D eigenvalue weighted by molar-refractivity contribution is 5.50. The fraction of sp³-hybridized carbons (Fsp3) is 0.571. The summed E-state index contributed by atoms with van der Waals surface area (Å²) in [6.45, 7) is 5.71. The van der Waals surface area contributed by atoms with Gasteiger partial charge in [0.1, 0.15) is 11.5 Å². The lowest BCUT2D eigenvalue weighted by atomic mass is 9.97. The van der Waals surface area contributed by atoms with E-state index in [1.165, 1.54) is 0 Å². The molecule has 100 valence electrons. The summed E-state index contributed by atoms with van der Waals surface area (Å²) in [6.07, 6.45) is 0.139. The molecule has 1 aromatic carbocycles. The predicted molar refractivity (Wildman–Crippen MR) is 70.4 cm³/mol. The normalized spacial score (nSPS) is 23.8. The molecule has 1 fully saturated rings. The first-order valence-corrected chi connectivity index (χ1v) is 6.25. The van der Waals surface area contributed by atoms with Gasteiger partial charge in [-0.2, -0.15) is 0 Å². The minimum absolute atomic E-state index is 0.139. The standard InChI is InChI=1S/C14H21NO3/c1-9-12(16-3)6-5-11(14(9)17-4)13-10(2)18-8-7-15-13/h5-6,10,13,15H,7-8H2,1-4H3. The van der Waals surface area contributed by atoms with Gasteiger partial charge in [0.25, 0.3) is 0 Å². The van der Waals surface area contributed by atoms with Crippen LogP contribution in [0, 0.1) is 6.92 Å². The van der Waals surface area contributed by atoms with Crippen molar-refractivity contribution in [1.29, 1.82) is 0 Å². The van der Waals surface area contributed by atoms with E-state index in [1.807, 2.05) is 19.1 Å². The van der Waals surface area contributed by atoms with Crippen molar-refractivity contribution in [2.45, 2.75) is 26.0 Å². The molecule has 0 bridgehead atoms. The molecule has 1 aromatic rings. The zero-order valence-electron chi connectivity index (χ0n) is 11.4. The molecule has 0 aromatic heterocycles. The van der Waals surface area contributed by atoms with Crippen molar-refractivity contribution in [3.8, 4) is 11.5 Å². The van der Waals surface area contributed by atoms with Crippen LogP contribution in [0.2, 0.25) is 0 Å². The Labute approximate surface area is 108 Å². The summed E-state index contributed by atoms with van der Waals surface area (Å²) in [7, 11) is 3.37. The lowest BCUT2D eigenvalue weighted by molar-refractivity contribution is 0.00691. The van der Waals surface area contributed by atoms with Crippen molar-refractivity contribution in [2.24, 2.45) is 0 Å². The molecule has 0 aliphatic carbocycles. The van der Waals surface area contributed by atoms with Crippen LogP contribution in [0.5, 0.6) is 11.5 Å². The number of morpholine rings is 1. The van der Waals surface area contributed by atoms with Crippen molar-refractivity contribution in [3.05, 3.63) is 23.3 Å². The molecule has 0 saturated carbocycles. The first-order chi connectivity index (χ1) is 8.69. The summed E-state index contributed by atoms with van der Waals surface area (Å²) in [5, 5.41) is 3.48. The molecule has 2 atom stereocenters. The number of nitrogens with one attached hydrogen (secondary N) is 1. The molecule has 0 amide bonds. The Bertz CT molecular complexity index is 420. The Balaban J connectivity index is 2.40. The first kappa shape index (κ1) is 13.2. The average molecular weight is 251 g/mol. The van der Waals surface area contributed by atoms with Gasteiger partial charge in [-0.15, -0.1) is 0 Å². The second-order valence-corrected chi connectivity index (χ2v) is 4.52. The summed E-state index contributed by atoms with van der Waals surface area (Å²) in [5.74, 6) is 1.73. The van der Waals surface area contributed by atoms with Crippen molar-refractivity contribution < 1.29 is 14.2 Å². The maximum atomic E-state index is 5.69. The molecule has 1 heterocycles. The number of methoxy groups -OCH3 is 2. The van der Waals surface area contributed by atoms with Crippen molar-refractivity contribution in [3.63, 3.8) is 0 Å². The topological polar surface area (TPSA) is 39.7 Å². The largest absolute Gasteiger partial charge is 0.496 e. The molecule has 0 radical (unpaired) electrons. The third kappa shape index (κ3) is 2.31. The van der Waals surface area contributed by atoms with E-state index in [0.29, 0.717) is 0 Å². The van der Waals surface area contributed by atoms with Crippen LogP contribution in [0.1, 0.15) is 24.1 Å². The quantitative estimate of drug-likeness (QED) is 0.892. The SMILES string of the molecule is COc1ccc(C2NCCOC2C)c(OC)c1C. The fourth-order valence-corrected chi connectivity index (χ4v) is 2.52. The van der Waals surface area contributed by atoms with Crippen LogP contribution in [0.15, 0.2) is 12.1 Å². The van der Waals surface area contributed by atoms with Gasteiger partial charge in [0.2, 0.25) is 0 Å². The number of hydrogen-bond donors (Lipinski definition) is 1. The monoisotopic (exact) mass is 251 g/mol. The van der Waals surface area contributed by atoms with Gasteiger partial charge in [0.05, 0.1) is 33.0 Å². The third-order valence-corrected chi connectivity index (χ3v) is 3.46. The molecule has 1 aliphatic heterocycles. The Hall–Kier alpha value is -1.26. The molecule has 1 saturated heterocycles. The van der Waals surface area contributed by atoms with Crippen LogP contribution in [-0.4, -0.2) is 33.5 Å². The number of ether oxygens (including phenoxy) is 3. The molecule has 2 unspecified atom stereocenters. The van der Waals surface area contributed by atoms with Gasteiger partial charge in [-0.3, -0.25) is 0 Å². The Kier molecular flexibility index (Phi) is 4.09. The first-order valence-electron chi connectivity index (χ1n) is 6.25. The smallest absolute Gasteiger partial charge is 0.130 e. The van der Waals surface area contributed by atoms with Crippen molar-refractivity contribution in [2.75, 3.05) is 27.4 Å². The molecular formula is C14H21NO3. The van der Waals surface area contributed by atoms with Crippen LogP contribution in [0.25, 0.3) is 0 Å². The maximum absolute atomic E-state index is 5.69. The Morgan fingerprint density at radius 2 is 2.06 bits per heavy atom. The van der Waals surface area contributed by atoms with Gasteiger partial charge >= 0.3 is 0 Å². The highest BCUT2D eigenvalue weighted by Gasteiger charge is 2.27. The van der Waals surface area contributed by atoms with Gasteiger partial charge in [0.15, 0.2) is 0 Å². The zero-order chi connectivity index (χ0) is 13.1. The molecule has 2 rings (SSSR count). The van der Waals surface area contributed by atoms with Crippen LogP contribution in [-0.2, 0) is 4.74 Å². The van der Waals surface area contributed by atoms with E-state index in [-0.39, 0.29) is 12.1 Å². The van der Waals surface area contributed by atoms with E-state index in [9.17, 15) is 0 Å². The van der Waals surface area contributed by atoms with E-state index < -0.39 is 0 Å². The van der Waals surface area contributed by atoms with E-state index in [0.717, 1.165) is 35.8 Å². The summed E-state index contributed by atoms with van der Waals surface area (Å²) < 4.78 is 16.6. The van der Waals surface area contributed by atoms with E-state index in [4.69, 9.17) is 14.2 Å². The van der Waals surface area contributed by atoms with Gasteiger partial charge in [0, 0.05) is 17.7 Å². The number of hydrogen-bond acceptors (Lipinski definition) is 4. The van der Waals surface area contributed by atoms with Crippen LogP contribution in [0.3, 0.4) is 0 Å². The highest BCUT2D eigenvalue weighted by Crippen LogP contribution is 2.36. The zero-order valence-corrected chi connectivity index (χ0v) is 11.4. The summed E-state index contributed by atoms with van der Waals surface area (Å²) >= 11 is 0. The van der Waals surface area contributed by atoms with Gasteiger partial charge in [-0.1, -0.05) is 0 Å². The predicted octanol–water partition coefficient (Wildman–Crippen LogP) is 2.06. The van der Waals surface area contributed by atoms with Crippen LogP contribution in [0.4, 0.5) is 0 Å². The molecule has 4 nitrogen and oxygen atoms in total. The minimum atomic E-state index is 0.139. The average Bonchev–Trinajstić information content (AvgIpc) is 2.39. The number of rotatable bonds is 3. The van der Waals surface area contributed by atoms with Crippen LogP contribution < -0.4 is 14.8 Å². The summed E-state index contributed by atoms with van der Waals surface area (Å²) in [5.41, 5.74) is 2.15. The highest BCUT2D eigenvalue weighted by atomic mass is 16.5. The van der Waals surface area contributed by atoms with Gasteiger partial charge < -0.3 is 19.5 Å². The Morgan fingerprint density at radius 3 is 2.67 bits per heavy atom. The van der Waals surface area contributed by atoms with Gasteiger partial charge in [-0.05, 0) is 26.0 Å². The van der Waals surface area contributed by atoms with E-state index >= 15 is 0 Å². The third-order valence-electron chi connectivity index (χ3n) is 3.46. The molecule has 0 spiro atoms.